The molecule has 1 saturated heterocycles. The lowest BCUT2D eigenvalue weighted by molar-refractivity contribution is -0.148. The topological polar surface area (TPSA) is 58.6 Å². The molecule has 26 heavy (non-hydrogen) atoms. The van der Waals surface area contributed by atoms with Crippen LogP contribution in [-0.2, 0) is 16.0 Å². The SMILES string of the molecule is O=C(OCCCc1ccccc1)[C@@H]1CCCN1C(=O)Nc1ccccc1. The molecule has 136 valence electrons. The van der Waals surface area contributed by atoms with Gasteiger partial charge in [0.25, 0.3) is 0 Å². The number of anilines is 1. The van der Waals surface area contributed by atoms with E-state index in [1.807, 2.05) is 48.5 Å². The molecule has 0 aromatic heterocycles. The molecule has 3 rings (SSSR count). The Hall–Kier alpha value is -2.82. The van der Waals surface area contributed by atoms with Crippen LogP contribution in [0, 0.1) is 0 Å². The Kier molecular flexibility index (Phi) is 6.25. The van der Waals surface area contributed by atoms with Crippen LogP contribution in [0.1, 0.15) is 24.8 Å². The first-order chi connectivity index (χ1) is 12.7. The molecule has 0 radical (unpaired) electrons. The summed E-state index contributed by atoms with van der Waals surface area (Å²) in [6.07, 6.45) is 3.11. The average Bonchev–Trinajstić information content (AvgIpc) is 3.17. The summed E-state index contributed by atoms with van der Waals surface area (Å²) < 4.78 is 5.42. The summed E-state index contributed by atoms with van der Waals surface area (Å²) >= 11 is 0. The van der Waals surface area contributed by atoms with Crippen LogP contribution in [0.4, 0.5) is 10.5 Å². The van der Waals surface area contributed by atoms with E-state index in [4.69, 9.17) is 4.74 Å². The van der Waals surface area contributed by atoms with E-state index in [2.05, 4.69) is 17.4 Å². The lowest BCUT2D eigenvalue weighted by Crippen LogP contribution is -2.43. The van der Waals surface area contributed by atoms with E-state index in [9.17, 15) is 9.59 Å². The maximum Gasteiger partial charge on any atom is 0.328 e. The van der Waals surface area contributed by atoms with Gasteiger partial charge in [0, 0.05) is 12.2 Å². The minimum atomic E-state index is -0.490. The van der Waals surface area contributed by atoms with E-state index in [0.29, 0.717) is 19.6 Å². The molecule has 0 aliphatic carbocycles. The number of amides is 2. The molecule has 2 aromatic rings. The average molecular weight is 352 g/mol. The fraction of sp³-hybridized carbons (Fsp3) is 0.333. The molecular formula is C21H24N2O3. The van der Waals surface area contributed by atoms with E-state index >= 15 is 0 Å². The number of rotatable bonds is 6. The van der Waals surface area contributed by atoms with Gasteiger partial charge in [-0.1, -0.05) is 48.5 Å². The Labute approximate surface area is 154 Å². The lowest BCUT2D eigenvalue weighted by Gasteiger charge is -2.23. The molecule has 0 saturated carbocycles. The maximum atomic E-state index is 12.5. The van der Waals surface area contributed by atoms with E-state index in [0.717, 1.165) is 24.9 Å². The van der Waals surface area contributed by atoms with Gasteiger partial charge < -0.3 is 15.0 Å². The van der Waals surface area contributed by atoms with Gasteiger partial charge in [0.05, 0.1) is 6.61 Å². The smallest absolute Gasteiger partial charge is 0.328 e. The Morgan fingerprint density at radius 2 is 1.73 bits per heavy atom. The quantitative estimate of drug-likeness (QED) is 0.634. The van der Waals surface area contributed by atoms with Crippen molar-refractivity contribution in [2.75, 3.05) is 18.5 Å². The highest BCUT2D eigenvalue weighted by molar-refractivity contribution is 5.93. The Balaban J connectivity index is 1.46. The van der Waals surface area contributed by atoms with Gasteiger partial charge in [0.15, 0.2) is 0 Å². The van der Waals surface area contributed by atoms with Gasteiger partial charge in [-0.2, -0.15) is 0 Å². The molecule has 1 heterocycles. The summed E-state index contributed by atoms with van der Waals surface area (Å²) in [6.45, 7) is 0.945. The second-order valence-electron chi connectivity index (χ2n) is 6.40. The highest BCUT2D eigenvalue weighted by Crippen LogP contribution is 2.20. The number of para-hydroxylation sites is 1. The first-order valence-electron chi connectivity index (χ1n) is 9.07. The largest absolute Gasteiger partial charge is 0.464 e. The summed E-state index contributed by atoms with van der Waals surface area (Å²) in [6, 6.07) is 18.6. The number of aryl methyl sites for hydroxylation is 1. The van der Waals surface area contributed by atoms with Crippen molar-refractivity contribution in [2.45, 2.75) is 31.7 Å². The first-order valence-corrected chi connectivity index (χ1v) is 9.07. The van der Waals surface area contributed by atoms with Gasteiger partial charge in [-0.05, 0) is 43.4 Å². The summed E-state index contributed by atoms with van der Waals surface area (Å²) in [5.41, 5.74) is 1.95. The van der Waals surface area contributed by atoms with E-state index in [1.54, 1.807) is 4.90 Å². The maximum absolute atomic E-state index is 12.5. The Bertz CT molecular complexity index is 719. The molecular weight excluding hydrogens is 328 g/mol. The lowest BCUT2D eigenvalue weighted by atomic mass is 10.1. The van der Waals surface area contributed by atoms with Crippen LogP contribution in [-0.4, -0.2) is 36.1 Å². The fourth-order valence-corrected chi connectivity index (χ4v) is 3.16. The molecule has 0 unspecified atom stereocenters. The zero-order valence-electron chi connectivity index (χ0n) is 14.8. The zero-order chi connectivity index (χ0) is 18.2. The van der Waals surface area contributed by atoms with Crippen molar-refractivity contribution in [3.63, 3.8) is 0 Å². The minimum absolute atomic E-state index is 0.250. The summed E-state index contributed by atoms with van der Waals surface area (Å²) in [5.74, 6) is -0.307. The second kappa shape index (κ2) is 9.04. The molecule has 5 heteroatoms. The highest BCUT2D eigenvalue weighted by Gasteiger charge is 2.35. The Morgan fingerprint density at radius 3 is 2.46 bits per heavy atom. The van der Waals surface area contributed by atoms with Crippen molar-refractivity contribution in [3.05, 3.63) is 66.2 Å². The molecule has 0 spiro atoms. The van der Waals surface area contributed by atoms with Crippen LogP contribution < -0.4 is 5.32 Å². The second-order valence-corrected chi connectivity index (χ2v) is 6.40. The standard InChI is InChI=1S/C21H24N2O3/c24-20(26-16-8-11-17-9-3-1-4-10-17)19-14-7-15-23(19)21(25)22-18-12-5-2-6-13-18/h1-6,9-10,12-13,19H,7-8,11,14-16H2,(H,22,25)/t19-/m0/s1. The third-order valence-electron chi connectivity index (χ3n) is 4.51. The van der Waals surface area contributed by atoms with Crippen molar-refractivity contribution in [1.29, 1.82) is 0 Å². The molecule has 2 amide bonds. The number of carbonyl (C=O) groups is 2. The van der Waals surface area contributed by atoms with Gasteiger partial charge in [0.2, 0.25) is 0 Å². The zero-order valence-corrected chi connectivity index (χ0v) is 14.8. The molecule has 0 bridgehead atoms. The molecule has 5 nitrogen and oxygen atoms in total. The van der Waals surface area contributed by atoms with Gasteiger partial charge in [0.1, 0.15) is 6.04 Å². The molecule has 1 aliphatic heterocycles. The summed E-state index contributed by atoms with van der Waals surface area (Å²) in [5, 5.41) is 2.84. The number of hydrogen-bond acceptors (Lipinski definition) is 3. The van der Waals surface area contributed by atoms with Crippen molar-refractivity contribution >= 4 is 17.7 Å². The van der Waals surface area contributed by atoms with Gasteiger partial charge in [-0.25, -0.2) is 9.59 Å². The van der Waals surface area contributed by atoms with Crippen LogP contribution in [0.15, 0.2) is 60.7 Å². The van der Waals surface area contributed by atoms with E-state index in [-0.39, 0.29) is 12.0 Å². The fourth-order valence-electron chi connectivity index (χ4n) is 3.16. The van der Waals surface area contributed by atoms with Crippen LogP contribution in [0.3, 0.4) is 0 Å². The van der Waals surface area contributed by atoms with Crippen LogP contribution >= 0.6 is 0 Å². The number of benzene rings is 2. The highest BCUT2D eigenvalue weighted by atomic mass is 16.5. The third-order valence-corrected chi connectivity index (χ3v) is 4.51. The van der Waals surface area contributed by atoms with Crippen molar-refractivity contribution in [1.82, 2.24) is 4.90 Å². The summed E-state index contributed by atoms with van der Waals surface area (Å²) in [7, 11) is 0. The Morgan fingerprint density at radius 1 is 1.04 bits per heavy atom. The van der Waals surface area contributed by atoms with Crippen LogP contribution in [0.25, 0.3) is 0 Å². The number of esters is 1. The summed E-state index contributed by atoms with van der Waals surface area (Å²) in [4.78, 5) is 26.4. The number of likely N-dealkylation sites (tertiary alicyclic amines) is 1. The number of carbonyl (C=O) groups excluding carboxylic acids is 2. The number of ether oxygens (including phenoxy) is 1. The van der Waals surface area contributed by atoms with Crippen LogP contribution in [0.2, 0.25) is 0 Å². The van der Waals surface area contributed by atoms with E-state index < -0.39 is 6.04 Å². The normalized spacial score (nSPS) is 16.3. The number of urea groups is 1. The molecule has 1 aliphatic rings. The van der Waals surface area contributed by atoms with Crippen molar-refractivity contribution in [2.24, 2.45) is 0 Å². The first kappa shape index (κ1) is 18.0. The van der Waals surface area contributed by atoms with E-state index in [1.165, 1.54) is 5.56 Å². The third kappa shape index (κ3) is 4.85. The van der Waals surface area contributed by atoms with Gasteiger partial charge >= 0.3 is 12.0 Å². The molecule has 1 fully saturated rings. The predicted octanol–water partition coefficient (Wildman–Crippen LogP) is 3.86. The van der Waals surface area contributed by atoms with Gasteiger partial charge in [-0.3, -0.25) is 0 Å². The van der Waals surface area contributed by atoms with Crippen molar-refractivity contribution in [3.8, 4) is 0 Å². The predicted molar refractivity (Wildman–Crippen MR) is 101 cm³/mol. The molecule has 2 aromatic carbocycles. The van der Waals surface area contributed by atoms with Gasteiger partial charge in [-0.15, -0.1) is 0 Å². The van der Waals surface area contributed by atoms with Crippen molar-refractivity contribution < 1.29 is 14.3 Å². The van der Waals surface area contributed by atoms with Crippen LogP contribution in [0.5, 0.6) is 0 Å². The minimum Gasteiger partial charge on any atom is -0.464 e. The monoisotopic (exact) mass is 352 g/mol. The number of nitrogens with zero attached hydrogens (tertiary/aromatic N) is 1. The number of nitrogens with one attached hydrogen (secondary N) is 1. The number of hydrogen-bond donors (Lipinski definition) is 1. The molecule has 1 N–H and O–H groups in total. The molecule has 1 atom stereocenters.